The predicted octanol–water partition coefficient (Wildman–Crippen LogP) is 3.43. The molecule has 1 aliphatic rings. The van der Waals surface area contributed by atoms with Crippen LogP contribution in [-0.4, -0.2) is 11.8 Å². The number of ether oxygens (including phenoxy) is 2. The SMILES string of the molecule is CCc1ccc2[nH]c(=O)c(CNc3ccc4c(c3)OCO4)cc2c1. The molecule has 0 aliphatic carbocycles. The molecule has 2 aromatic carbocycles. The number of aromatic amines is 1. The fraction of sp³-hybridized carbons (Fsp3) is 0.211. The van der Waals surface area contributed by atoms with Crippen molar-refractivity contribution in [2.75, 3.05) is 12.1 Å². The molecule has 0 spiro atoms. The summed E-state index contributed by atoms with van der Waals surface area (Å²) >= 11 is 0. The Bertz CT molecular complexity index is 962. The highest BCUT2D eigenvalue weighted by Crippen LogP contribution is 2.34. The van der Waals surface area contributed by atoms with Crippen molar-refractivity contribution in [3.8, 4) is 11.5 Å². The van der Waals surface area contributed by atoms with Gasteiger partial charge in [0.25, 0.3) is 5.56 Å². The van der Waals surface area contributed by atoms with Crippen LogP contribution in [0.2, 0.25) is 0 Å². The number of nitrogens with one attached hydrogen (secondary N) is 2. The average molecular weight is 322 g/mol. The molecule has 0 atom stereocenters. The first kappa shape index (κ1) is 14.6. The van der Waals surface area contributed by atoms with Crippen molar-refractivity contribution in [1.29, 1.82) is 0 Å². The Labute approximate surface area is 139 Å². The van der Waals surface area contributed by atoms with Gasteiger partial charge in [-0.2, -0.15) is 0 Å². The maximum absolute atomic E-state index is 12.3. The lowest BCUT2D eigenvalue weighted by Crippen LogP contribution is -2.15. The van der Waals surface area contributed by atoms with Crippen LogP contribution in [0.15, 0.2) is 47.3 Å². The van der Waals surface area contributed by atoms with Gasteiger partial charge in [-0.1, -0.05) is 13.0 Å². The van der Waals surface area contributed by atoms with E-state index in [1.165, 1.54) is 5.56 Å². The molecule has 0 radical (unpaired) electrons. The zero-order valence-corrected chi connectivity index (χ0v) is 13.4. The Kier molecular flexibility index (Phi) is 3.61. The smallest absolute Gasteiger partial charge is 0.253 e. The van der Waals surface area contributed by atoms with Gasteiger partial charge in [0.1, 0.15) is 0 Å². The maximum atomic E-state index is 12.3. The molecule has 4 rings (SSSR count). The van der Waals surface area contributed by atoms with E-state index in [0.717, 1.165) is 34.5 Å². The molecule has 1 aromatic heterocycles. The molecule has 5 nitrogen and oxygen atoms in total. The van der Waals surface area contributed by atoms with Crippen LogP contribution >= 0.6 is 0 Å². The molecule has 1 aliphatic heterocycles. The highest BCUT2D eigenvalue weighted by atomic mass is 16.7. The molecular weight excluding hydrogens is 304 g/mol. The van der Waals surface area contributed by atoms with E-state index in [2.05, 4.69) is 23.3 Å². The number of hydrogen-bond acceptors (Lipinski definition) is 4. The van der Waals surface area contributed by atoms with Crippen molar-refractivity contribution in [2.24, 2.45) is 0 Å². The fourth-order valence-corrected chi connectivity index (χ4v) is 2.86. The van der Waals surface area contributed by atoms with E-state index in [4.69, 9.17) is 9.47 Å². The van der Waals surface area contributed by atoms with Gasteiger partial charge < -0.3 is 19.8 Å². The standard InChI is InChI=1S/C19H18N2O3/c1-2-12-3-5-16-13(7-12)8-14(19(22)21-16)10-20-15-4-6-17-18(9-15)24-11-23-17/h3-9,20H,2,10-11H2,1H3,(H,21,22). The first-order valence-corrected chi connectivity index (χ1v) is 8.01. The lowest BCUT2D eigenvalue weighted by molar-refractivity contribution is 0.174. The van der Waals surface area contributed by atoms with Gasteiger partial charge in [-0.25, -0.2) is 0 Å². The van der Waals surface area contributed by atoms with Crippen LogP contribution in [0.1, 0.15) is 18.1 Å². The zero-order chi connectivity index (χ0) is 16.5. The van der Waals surface area contributed by atoms with Crippen LogP contribution in [0.4, 0.5) is 5.69 Å². The second-order valence-electron chi connectivity index (χ2n) is 5.82. The third kappa shape index (κ3) is 2.69. The summed E-state index contributed by atoms with van der Waals surface area (Å²) in [6.45, 7) is 2.82. The number of fused-ring (bicyclic) bond motifs is 2. The first-order chi connectivity index (χ1) is 11.7. The molecule has 0 unspecified atom stereocenters. The summed E-state index contributed by atoms with van der Waals surface area (Å²) in [5.74, 6) is 1.47. The van der Waals surface area contributed by atoms with Crippen LogP contribution < -0.4 is 20.3 Å². The monoisotopic (exact) mass is 322 g/mol. The van der Waals surface area contributed by atoms with Crippen LogP contribution in [-0.2, 0) is 13.0 Å². The number of aryl methyl sites for hydroxylation is 1. The van der Waals surface area contributed by atoms with Crippen molar-refractivity contribution in [3.63, 3.8) is 0 Å². The first-order valence-electron chi connectivity index (χ1n) is 8.01. The van der Waals surface area contributed by atoms with Crippen LogP contribution in [0.3, 0.4) is 0 Å². The van der Waals surface area contributed by atoms with E-state index in [1.54, 1.807) is 0 Å². The van der Waals surface area contributed by atoms with Crippen molar-refractivity contribution < 1.29 is 9.47 Å². The third-order valence-electron chi connectivity index (χ3n) is 4.25. The Morgan fingerprint density at radius 1 is 1.08 bits per heavy atom. The summed E-state index contributed by atoms with van der Waals surface area (Å²) in [5, 5.41) is 4.32. The van der Waals surface area contributed by atoms with E-state index < -0.39 is 0 Å². The number of anilines is 1. The molecule has 5 heteroatoms. The van der Waals surface area contributed by atoms with Gasteiger partial charge in [0.05, 0.1) is 0 Å². The van der Waals surface area contributed by atoms with Gasteiger partial charge in [0.15, 0.2) is 11.5 Å². The van der Waals surface area contributed by atoms with Gasteiger partial charge in [-0.15, -0.1) is 0 Å². The summed E-state index contributed by atoms with van der Waals surface area (Å²) < 4.78 is 10.7. The van der Waals surface area contributed by atoms with E-state index in [0.29, 0.717) is 12.1 Å². The number of H-pyrrole nitrogens is 1. The molecule has 0 amide bonds. The molecular formula is C19H18N2O3. The van der Waals surface area contributed by atoms with E-state index >= 15 is 0 Å². The van der Waals surface area contributed by atoms with Gasteiger partial charge in [0.2, 0.25) is 6.79 Å². The third-order valence-corrected chi connectivity index (χ3v) is 4.25. The second kappa shape index (κ2) is 5.92. The van der Waals surface area contributed by atoms with Gasteiger partial charge >= 0.3 is 0 Å². The Morgan fingerprint density at radius 3 is 2.83 bits per heavy atom. The number of benzene rings is 2. The minimum absolute atomic E-state index is 0.0695. The molecule has 2 N–H and O–H groups in total. The fourth-order valence-electron chi connectivity index (χ4n) is 2.86. The molecule has 122 valence electrons. The maximum Gasteiger partial charge on any atom is 0.253 e. The van der Waals surface area contributed by atoms with Crippen LogP contribution in [0.5, 0.6) is 11.5 Å². The molecule has 0 saturated carbocycles. The highest BCUT2D eigenvalue weighted by molar-refractivity contribution is 5.79. The summed E-state index contributed by atoms with van der Waals surface area (Å²) in [4.78, 5) is 15.2. The van der Waals surface area contributed by atoms with Crippen molar-refractivity contribution in [3.05, 3.63) is 63.9 Å². The summed E-state index contributed by atoms with van der Waals surface area (Å²) in [7, 11) is 0. The number of rotatable bonds is 4. The minimum atomic E-state index is -0.0695. The van der Waals surface area contributed by atoms with Gasteiger partial charge in [-0.05, 0) is 47.7 Å². The summed E-state index contributed by atoms with van der Waals surface area (Å²) in [6.07, 6.45) is 0.972. The topological polar surface area (TPSA) is 63.4 Å². The van der Waals surface area contributed by atoms with E-state index in [9.17, 15) is 4.79 Å². The minimum Gasteiger partial charge on any atom is -0.454 e. The quantitative estimate of drug-likeness (QED) is 0.772. The average Bonchev–Trinajstić information content (AvgIpc) is 3.07. The van der Waals surface area contributed by atoms with Crippen molar-refractivity contribution in [1.82, 2.24) is 4.98 Å². The second-order valence-corrected chi connectivity index (χ2v) is 5.82. The molecule has 0 bridgehead atoms. The molecule has 3 aromatic rings. The van der Waals surface area contributed by atoms with E-state index in [-0.39, 0.29) is 12.4 Å². The Balaban J connectivity index is 1.59. The summed E-state index contributed by atoms with van der Waals surface area (Å²) in [6, 6.07) is 13.7. The Morgan fingerprint density at radius 2 is 1.96 bits per heavy atom. The van der Waals surface area contributed by atoms with Crippen molar-refractivity contribution in [2.45, 2.75) is 19.9 Å². The number of hydrogen-bond donors (Lipinski definition) is 2. The van der Waals surface area contributed by atoms with Gasteiger partial charge in [-0.3, -0.25) is 4.79 Å². The summed E-state index contributed by atoms with van der Waals surface area (Å²) in [5.41, 5.74) is 3.64. The molecule has 0 fully saturated rings. The largest absolute Gasteiger partial charge is 0.454 e. The molecule has 2 heterocycles. The number of pyridine rings is 1. The van der Waals surface area contributed by atoms with Crippen LogP contribution in [0.25, 0.3) is 10.9 Å². The Hall–Kier alpha value is -2.95. The molecule has 24 heavy (non-hydrogen) atoms. The number of aromatic nitrogens is 1. The van der Waals surface area contributed by atoms with E-state index in [1.807, 2.05) is 36.4 Å². The lowest BCUT2D eigenvalue weighted by atomic mass is 10.1. The van der Waals surface area contributed by atoms with Crippen molar-refractivity contribution >= 4 is 16.6 Å². The predicted molar refractivity (Wildman–Crippen MR) is 93.8 cm³/mol. The highest BCUT2D eigenvalue weighted by Gasteiger charge is 2.13. The zero-order valence-electron chi connectivity index (χ0n) is 13.4. The lowest BCUT2D eigenvalue weighted by Gasteiger charge is -2.08. The molecule has 0 saturated heterocycles. The van der Waals surface area contributed by atoms with Crippen LogP contribution in [0, 0.1) is 0 Å². The normalized spacial score (nSPS) is 12.5. The van der Waals surface area contributed by atoms with Gasteiger partial charge in [0, 0.05) is 29.4 Å².